The van der Waals surface area contributed by atoms with Crippen LogP contribution in [0, 0.1) is 0 Å². The minimum absolute atomic E-state index is 0.0708. The summed E-state index contributed by atoms with van der Waals surface area (Å²) in [5.41, 5.74) is 7.04. The number of nitrogens with two attached hydrogens (primary N) is 1. The number of nitrogens with zero attached hydrogens (tertiary/aromatic N) is 2. The van der Waals surface area contributed by atoms with Gasteiger partial charge in [0.25, 0.3) is 0 Å². The number of para-hydroxylation sites is 1. The van der Waals surface area contributed by atoms with Crippen molar-refractivity contribution >= 4 is 46.0 Å². The van der Waals surface area contributed by atoms with Crippen LogP contribution in [0.25, 0.3) is 0 Å². The van der Waals surface area contributed by atoms with E-state index in [2.05, 4.69) is 4.99 Å². The van der Waals surface area contributed by atoms with Crippen LogP contribution in [-0.4, -0.2) is 27.1 Å². The lowest BCUT2D eigenvalue weighted by Crippen LogP contribution is -2.45. The van der Waals surface area contributed by atoms with Crippen LogP contribution in [0.3, 0.4) is 0 Å². The average molecular weight is 374 g/mol. The van der Waals surface area contributed by atoms with E-state index in [1.54, 1.807) is 17.0 Å². The van der Waals surface area contributed by atoms with Crippen LogP contribution in [0.2, 0.25) is 5.02 Å². The van der Waals surface area contributed by atoms with Gasteiger partial charge in [-0.05, 0) is 29.8 Å². The van der Waals surface area contributed by atoms with Crippen molar-refractivity contribution in [2.75, 3.05) is 0 Å². The normalized spacial score (nSPS) is 19.2. The van der Waals surface area contributed by atoms with E-state index in [-0.39, 0.29) is 12.3 Å². The van der Waals surface area contributed by atoms with Crippen molar-refractivity contribution in [3.63, 3.8) is 0 Å². The fourth-order valence-corrected chi connectivity index (χ4v) is 3.57. The summed E-state index contributed by atoms with van der Waals surface area (Å²) in [7, 11) is 0. The lowest BCUT2D eigenvalue weighted by molar-refractivity contribution is -0.130. The van der Waals surface area contributed by atoms with Crippen molar-refractivity contribution in [1.29, 1.82) is 0 Å². The van der Waals surface area contributed by atoms with E-state index < -0.39 is 11.2 Å². The molecule has 0 aromatic heterocycles. The molecule has 1 fully saturated rings. The van der Waals surface area contributed by atoms with E-state index in [9.17, 15) is 9.59 Å². The van der Waals surface area contributed by atoms with Crippen molar-refractivity contribution in [1.82, 2.24) is 4.90 Å². The number of carbonyl (C=O) groups is 2. The van der Waals surface area contributed by atoms with Gasteiger partial charge in [-0.15, -0.1) is 0 Å². The molecule has 1 unspecified atom stereocenters. The zero-order chi connectivity index (χ0) is 17.8. The Bertz CT molecular complexity index is 809. The van der Waals surface area contributed by atoms with Gasteiger partial charge in [-0.3, -0.25) is 14.5 Å². The standard InChI is InChI=1S/C18H16ClN3O2S/c19-13-8-6-12(7-9-13)11-22-16(23)10-15(17(20)24)25-18(22)21-14-4-2-1-3-5-14/h1-9,15H,10-11H2,(H2,20,24). The predicted octanol–water partition coefficient (Wildman–Crippen LogP) is 3.35. The molecule has 1 atom stereocenters. The number of thioether (sulfide) groups is 1. The van der Waals surface area contributed by atoms with Gasteiger partial charge >= 0.3 is 0 Å². The van der Waals surface area contributed by atoms with Gasteiger partial charge in [0.2, 0.25) is 11.8 Å². The first-order valence-electron chi connectivity index (χ1n) is 7.67. The maximum atomic E-state index is 12.6. The van der Waals surface area contributed by atoms with Crippen LogP contribution in [0.15, 0.2) is 59.6 Å². The Labute approximate surface area is 154 Å². The highest BCUT2D eigenvalue weighted by atomic mass is 35.5. The molecule has 1 heterocycles. The molecule has 2 aromatic rings. The minimum atomic E-state index is -0.601. The summed E-state index contributed by atoms with van der Waals surface area (Å²) in [5, 5.41) is 0.507. The van der Waals surface area contributed by atoms with Gasteiger partial charge in [0, 0.05) is 11.4 Å². The molecule has 0 radical (unpaired) electrons. The molecule has 2 amide bonds. The summed E-state index contributed by atoms with van der Waals surface area (Å²) in [6, 6.07) is 16.6. The van der Waals surface area contributed by atoms with Gasteiger partial charge in [-0.25, -0.2) is 4.99 Å². The fourth-order valence-electron chi connectivity index (χ4n) is 2.39. The fraction of sp³-hybridized carbons (Fsp3) is 0.167. The minimum Gasteiger partial charge on any atom is -0.369 e. The molecule has 2 aromatic carbocycles. The van der Waals surface area contributed by atoms with Gasteiger partial charge < -0.3 is 5.73 Å². The second-order valence-electron chi connectivity index (χ2n) is 5.55. The van der Waals surface area contributed by atoms with E-state index in [1.165, 1.54) is 11.8 Å². The molecule has 1 saturated heterocycles. The summed E-state index contributed by atoms with van der Waals surface area (Å²) < 4.78 is 0. The van der Waals surface area contributed by atoms with E-state index in [0.29, 0.717) is 22.4 Å². The molecule has 2 N–H and O–H groups in total. The average Bonchev–Trinajstić information content (AvgIpc) is 2.60. The third kappa shape index (κ3) is 4.41. The Morgan fingerprint density at radius 3 is 2.52 bits per heavy atom. The number of carbonyl (C=O) groups excluding carboxylic acids is 2. The number of benzene rings is 2. The molecule has 3 rings (SSSR count). The molecule has 0 bridgehead atoms. The van der Waals surface area contributed by atoms with Gasteiger partial charge in [-0.1, -0.05) is 53.7 Å². The third-order valence-electron chi connectivity index (χ3n) is 3.69. The number of primary amides is 1. The SMILES string of the molecule is NC(=O)C1CC(=O)N(Cc2ccc(Cl)cc2)C(=Nc2ccccc2)S1. The van der Waals surface area contributed by atoms with E-state index in [0.717, 1.165) is 5.56 Å². The lowest BCUT2D eigenvalue weighted by Gasteiger charge is -2.31. The van der Waals surface area contributed by atoms with Gasteiger partial charge in [0.1, 0.15) is 0 Å². The molecule has 0 saturated carbocycles. The molecule has 7 heteroatoms. The summed E-state index contributed by atoms with van der Waals surface area (Å²) in [6.45, 7) is 0.361. The topological polar surface area (TPSA) is 75.8 Å². The predicted molar refractivity (Wildman–Crippen MR) is 101 cm³/mol. The first-order chi connectivity index (χ1) is 12.0. The van der Waals surface area contributed by atoms with Crippen LogP contribution >= 0.6 is 23.4 Å². The van der Waals surface area contributed by atoms with Gasteiger partial charge in [0.05, 0.1) is 17.5 Å². The quantitative estimate of drug-likeness (QED) is 0.892. The molecule has 0 aliphatic carbocycles. The number of hydrogen-bond acceptors (Lipinski definition) is 4. The first-order valence-corrected chi connectivity index (χ1v) is 8.93. The molecule has 0 spiro atoms. The van der Waals surface area contributed by atoms with Crippen molar-refractivity contribution in [2.24, 2.45) is 10.7 Å². The maximum absolute atomic E-state index is 12.6. The third-order valence-corrected chi connectivity index (χ3v) is 5.15. The highest BCUT2D eigenvalue weighted by molar-refractivity contribution is 8.15. The van der Waals surface area contributed by atoms with Crippen LogP contribution in [-0.2, 0) is 16.1 Å². The van der Waals surface area contributed by atoms with Crippen molar-refractivity contribution in [3.05, 3.63) is 65.2 Å². The highest BCUT2D eigenvalue weighted by Gasteiger charge is 2.34. The number of aliphatic imine (C=N–C) groups is 1. The van der Waals surface area contributed by atoms with E-state index >= 15 is 0 Å². The van der Waals surface area contributed by atoms with Crippen molar-refractivity contribution in [2.45, 2.75) is 18.2 Å². The van der Waals surface area contributed by atoms with Crippen LogP contribution < -0.4 is 5.73 Å². The van der Waals surface area contributed by atoms with Crippen LogP contribution in [0.5, 0.6) is 0 Å². The summed E-state index contributed by atoms with van der Waals surface area (Å²) in [4.78, 5) is 30.3. The summed E-state index contributed by atoms with van der Waals surface area (Å²) >= 11 is 7.14. The molecule has 25 heavy (non-hydrogen) atoms. The zero-order valence-electron chi connectivity index (χ0n) is 13.3. The van der Waals surface area contributed by atoms with E-state index in [4.69, 9.17) is 17.3 Å². The lowest BCUT2D eigenvalue weighted by atomic mass is 10.2. The summed E-state index contributed by atoms with van der Waals surface area (Å²) in [5.74, 6) is -0.683. The Balaban J connectivity index is 1.91. The maximum Gasteiger partial charge on any atom is 0.231 e. The van der Waals surface area contributed by atoms with Gasteiger partial charge in [0.15, 0.2) is 5.17 Å². The Hall–Kier alpha value is -2.31. The Morgan fingerprint density at radius 2 is 1.88 bits per heavy atom. The van der Waals surface area contributed by atoms with Gasteiger partial charge in [-0.2, -0.15) is 0 Å². The van der Waals surface area contributed by atoms with Crippen LogP contribution in [0.4, 0.5) is 5.69 Å². The molecule has 5 nitrogen and oxygen atoms in total. The Morgan fingerprint density at radius 1 is 1.20 bits per heavy atom. The largest absolute Gasteiger partial charge is 0.369 e. The number of amidine groups is 1. The monoisotopic (exact) mass is 373 g/mol. The molecule has 1 aliphatic heterocycles. The van der Waals surface area contributed by atoms with Crippen LogP contribution in [0.1, 0.15) is 12.0 Å². The van der Waals surface area contributed by atoms with E-state index in [1.807, 2.05) is 42.5 Å². The van der Waals surface area contributed by atoms with Crippen molar-refractivity contribution in [3.8, 4) is 0 Å². The van der Waals surface area contributed by atoms with Crippen molar-refractivity contribution < 1.29 is 9.59 Å². The number of halogens is 1. The second kappa shape index (κ2) is 7.72. The number of rotatable bonds is 4. The highest BCUT2D eigenvalue weighted by Crippen LogP contribution is 2.30. The molecule has 1 aliphatic rings. The summed E-state index contributed by atoms with van der Waals surface area (Å²) in [6.07, 6.45) is 0.0708. The molecule has 128 valence electrons. The number of hydrogen-bond donors (Lipinski definition) is 1. The molecular formula is C18H16ClN3O2S. The smallest absolute Gasteiger partial charge is 0.231 e. The molecular weight excluding hydrogens is 358 g/mol. The first kappa shape index (κ1) is 17.5. The zero-order valence-corrected chi connectivity index (χ0v) is 14.8. The second-order valence-corrected chi connectivity index (χ2v) is 7.16. The number of amides is 2. The Kier molecular flexibility index (Phi) is 5.40.